The van der Waals surface area contributed by atoms with E-state index < -0.39 is 14.0 Å². The highest BCUT2D eigenvalue weighted by Crippen LogP contribution is 2.43. The van der Waals surface area contributed by atoms with E-state index in [1.54, 1.807) is 21.2 Å². The van der Waals surface area contributed by atoms with Gasteiger partial charge in [-0.1, -0.05) is 38.3 Å². The highest BCUT2D eigenvalue weighted by molar-refractivity contribution is 7.65. The number of aryl methyl sites for hydroxylation is 1. The number of nitrogens with zero attached hydrogens (tertiary/aromatic N) is 5. The average Bonchev–Trinajstić information content (AvgIpc) is 3.02. The molecule has 10 nitrogen and oxygen atoms in total. The Bertz CT molecular complexity index is 1750. The van der Waals surface area contributed by atoms with Crippen molar-refractivity contribution < 1.29 is 14.3 Å². The van der Waals surface area contributed by atoms with Crippen molar-refractivity contribution >= 4 is 58.9 Å². The molecule has 2 N–H and O–H groups in total. The molecule has 0 aliphatic carbocycles. The van der Waals surface area contributed by atoms with Gasteiger partial charge in [0.15, 0.2) is 11.6 Å². The second kappa shape index (κ2) is 12.9. The molecular formula is C35H44N7O3P. The number of carbonyl (C=O) groups is 1. The van der Waals surface area contributed by atoms with Gasteiger partial charge in [0.05, 0.1) is 19.0 Å². The number of rotatable bonds is 8. The summed E-state index contributed by atoms with van der Waals surface area (Å²) in [7, 11) is 6.69. The first-order chi connectivity index (χ1) is 22.1. The maximum Gasteiger partial charge on any atom is 0.414 e. The minimum absolute atomic E-state index is 0.235. The van der Waals surface area contributed by atoms with Crippen LogP contribution in [0, 0.1) is 12.3 Å². The normalized spacial score (nSPS) is 16.0. The molecule has 1 amide bonds. The third-order valence-corrected chi connectivity index (χ3v) is 10.4. The lowest BCUT2D eigenvalue weighted by molar-refractivity contribution is 0.00130. The molecule has 2 fully saturated rings. The number of piperidine rings is 1. The van der Waals surface area contributed by atoms with Crippen molar-refractivity contribution in [1.29, 1.82) is 0 Å². The van der Waals surface area contributed by atoms with E-state index in [1.807, 2.05) is 6.07 Å². The quantitative estimate of drug-likeness (QED) is 0.212. The van der Waals surface area contributed by atoms with Crippen molar-refractivity contribution in [1.82, 2.24) is 19.8 Å². The van der Waals surface area contributed by atoms with Crippen LogP contribution < -0.4 is 30.3 Å². The van der Waals surface area contributed by atoms with Crippen LogP contribution in [0.4, 0.5) is 33.6 Å². The SMILES string of the molecule is COc1cc(N2CCC3(CC2)CN(C)C3)c(C)cc1Nc1ncc(OC(=O)N(C)C)c(Nc2ccc3ccccc3c2P(C)C)n1. The fourth-order valence-corrected chi connectivity index (χ4v) is 8.09. The van der Waals surface area contributed by atoms with E-state index in [0.717, 1.165) is 30.0 Å². The van der Waals surface area contributed by atoms with Crippen molar-refractivity contribution in [2.75, 3.05) is 83.3 Å². The van der Waals surface area contributed by atoms with Crippen LogP contribution >= 0.6 is 7.92 Å². The van der Waals surface area contributed by atoms with Gasteiger partial charge >= 0.3 is 6.09 Å². The van der Waals surface area contributed by atoms with Crippen LogP contribution in [-0.4, -0.2) is 93.6 Å². The van der Waals surface area contributed by atoms with Gasteiger partial charge in [-0.2, -0.15) is 4.98 Å². The summed E-state index contributed by atoms with van der Waals surface area (Å²) in [6.45, 7) is 11.1. The zero-order valence-electron chi connectivity index (χ0n) is 27.8. The number of aromatic nitrogens is 2. The monoisotopic (exact) mass is 641 g/mol. The summed E-state index contributed by atoms with van der Waals surface area (Å²) < 4.78 is 11.6. The molecule has 2 aliphatic rings. The smallest absolute Gasteiger partial charge is 0.414 e. The molecule has 0 bridgehead atoms. The summed E-state index contributed by atoms with van der Waals surface area (Å²) in [6, 6.07) is 16.7. The predicted molar refractivity (Wildman–Crippen MR) is 190 cm³/mol. The number of likely N-dealkylation sites (tertiary alicyclic amines) is 1. The molecule has 242 valence electrons. The lowest BCUT2D eigenvalue weighted by Gasteiger charge is -2.53. The Morgan fingerprint density at radius 1 is 1.00 bits per heavy atom. The standard InChI is InChI=1S/C35H44N7O3P/c1-23-18-27(29(44-5)19-28(23)42-16-14-35(15-17-42)21-41(4)22-35)38-33-36-20-30(45-34(43)40(2)3)32(39-33)37-26-13-12-24-10-8-9-11-25(24)31(26)46(6)7/h8-13,18-20H,14-17,21-22H2,1-7H3,(H2,36,37,38,39). The molecule has 1 aromatic heterocycles. The summed E-state index contributed by atoms with van der Waals surface area (Å²) in [6.07, 6.45) is 3.44. The molecule has 3 heterocycles. The molecule has 4 aromatic rings. The molecule has 2 saturated heterocycles. The van der Waals surface area contributed by atoms with Gasteiger partial charge in [-0.15, -0.1) is 0 Å². The van der Waals surface area contributed by atoms with Crippen LogP contribution in [0.15, 0.2) is 54.7 Å². The van der Waals surface area contributed by atoms with Gasteiger partial charge in [0, 0.05) is 63.0 Å². The average molecular weight is 642 g/mol. The Kier molecular flexibility index (Phi) is 8.95. The molecule has 0 atom stereocenters. The van der Waals surface area contributed by atoms with E-state index >= 15 is 0 Å². The van der Waals surface area contributed by atoms with Gasteiger partial charge in [0.25, 0.3) is 0 Å². The van der Waals surface area contributed by atoms with E-state index in [9.17, 15) is 4.79 Å². The second-order valence-corrected chi connectivity index (χ2v) is 15.2. The number of hydrogen-bond acceptors (Lipinski definition) is 9. The molecule has 6 rings (SSSR count). The lowest BCUT2D eigenvalue weighted by atomic mass is 9.72. The van der Waals surface area contributed by atoms with Crippen LogP contribution in [0.5, 0.6) is 11.5 Å². The number of ether oxygens (including phenoxy) is 2. The summed E-state index contributed by atoms with van der Waals surface area (Å²) in [5.41, 5.74) is 4.51. The van der Waals surface area contributed by atoms with Gasteiger partial charge in [0.2, 0.25) is 5.95 Å². The lowest BCUT2D eigenvalue weighted by Crippen LogP contribution is -2.58. The number of amides is 1. The van der Waals surface area contributed by atoms with Crippen molar-refractivity contribution in [2.45, 2.75) is 19.8 Å². The predicted octanol–water partition coefficient (Wildman–Crippen LogP) is 6.39. The molecule has 3 aromatic carbocycles. The van der Waals surface area contributed by atoms with Gasteiger partial charge in [-0.3, -0.25) is 0 Å². The number of fused-ring (bicyclic) bond motifs is 1. The first kappa shape index (κ1) is 31.8. The van der Waals surface area contributed by atoms with Crippen LogP contribution in [0.3, 0.4) is 0 Å². The van der Waals surface area contributed by atoms with E-state index in [-0.39, 0.29) is 5.75 Å². The Hall–Kier alpha value is -4.14. The van der Waals surface area contributed by atoms with Crippen LogP contribution in [0.1, 0.15) is 18.4 Å². The Morgan fingerprint density at radius 2 is 1.74 bits per heavy atom. The fourth-order valence-electron chi connectivity index (χ4n) is 6.79. The Morgan fingerprint density at radius 3 is 2.41 bits per heavy atom. The molecule has 0 saturated carbocycles. The van der Waals surface area contributed by atoms with Crippen LogP contribution in [-0.2, 0) is 0 Å². The van der Waals surface area contributed by atoms with Crippen molar-refractivity contribution in [2.24, 2.45) is 5.41 Å². The first-order valence-electron chi connectivity index (χ1n) is 15.7. The third kappa shape index (κ3) is 6.42. The number of nitrogens with one attached hydrogen (secondary N) is 2. The number of anilines is 5. The van der Waals surface area contributed by atoms with Crippen LogP contribution in [0.2, 0.25) is 0 Å². The maximum atomic E-state index is 12.6. The van der Waals surface area contributed by atoms with E-state index in [1.165, 1.54) is 58.8 Å². The molecule has 0 radical (unpaired) electrons. The summed E-state index contributed by atoms with van der Waals surface area (Å²) in [5, 5.41) is 10.4. The van der Waals surface area contributed by atoms with E-state index in [0.29, 0.717) is 22.9 Å². The van der Waals surface area contributed by atoms with Gasteiger partial charge in [-0.25, -0.2) is 9.78 Å². The highest BCUT2D eigenvalue weighted by atomic mass is 31.1. The number of carbonyl (C=O) groups excluding carboxylic acids is 1. The number of hydrogen-bond donors (Lipinski definition) is 2. The second-order valence-electron chi connectivity index (χ2n) is 13.0. The fraction of sp³-hybridized carbons (Fsp3) is 0.400. The molecule has 11 heteroatoms. The minimum Gasteiger partial charge on any atom is -0.494 e. The van der Waals surface area contributed by atoms with Crippen molar-refractivity contribution in [3.8, 4) is 11.5 Å². The van der Waals surface area contributed by atoms with Gasteiger partial charge < -0.3 is 34.8 Å². The number of benzene rings is 3. The number of methoxy groups -OCH3 is 1. The van der Waals surface area contributed by atoms with Gasteiger partial charge in [0.1, 0.15) is 5.75 Å². The molecular weight excluding hydrogens is 597 g/mol. The molecule has 2 aliphatic heterocycles. The summed E-state index contributed by atoms with van der Waals surface area (Å²) in [5.74, 6) is 1.69. The zero-order valence-corrected chi connectivity index (χ0v) is 28.7. The topological polar surface area (TPSA) is 95.1 Å². The van der Waals surface area contributed by atoms with E-state index in [2.05, 4.69) is 95.2 Å². The Labute approximate surface area is 272 Å². The van der Waals surface area contributed by atoms with Crippen LogP contribution in [0.25, 0.3) is 10.8 Å². The van der Waals surface area contributed by atoms with Crippen molar-refractivity contribution in [3.63, 3.8) is 0 Å². The van der Waals surface area contributed by atoms with Gasteiger partial charge in [-0.05, 0) is 74.0 Å². The van der Waals surface area contributed by atoms with Crippen molar-refractivity contribution in [3.05, 3.63) is 60.3 Å². The molecule has 0 unspecified atom stereocenters. The van der Waals surface area contributed by atoms with E-state index in [4.69, 9.17) is 14.5 Å². The Balaban J connectivity index is 1.30. The minimum atomic E-state index is -0.514. The summed E-state index contributed by atoms with van der Waals surface area (Å²) in [4.78, 5) is 28.2. The third-order valence-electron chi connectivity index (χ3n) is 9.06. The molecule has 1 spiro atoms. The largest absolute Gasteiger partial charge is 0.494 e. The highest BCUT2D eigenvalue weighted by Gasteiger charge is 2.43. The zero-order chi connectivity index (χ0) is 32.6. The summed E-state index contributed by atoms with van der Waals surface area (Å²) >= 11 is 0. The maximum absolute atomic E-state index is 12.6. The first-order valence-corrected chi connectivity index (χ1v) is 17.9. The molecule has 46 heavy (non-hydrogen) atoms.